The first kappa shape index (κ1) is 14.2. The van der Waals surface area contributed by atoms with Crippen LogP contribution in [0.15, 0.2) is 18.6 Å². The summed E-state index contributed by atoms with van der Waals surface area (Å²) in [5, 5.41) is 7.89. The monoisotopic (exact) mass is 286 g/mol. The van der Waals surface area contributed by atoms with Crippen molar-refractivity contribution in [1.29, 1.82) is 0 Å². The zero-order valence-corrected chi connectivity index (χ0v) is 10.6. The number of nitrogens with one attached hydrogen (secondary N) is 3. The molecule has 20 heavy (non-hydrogen) atoms. The van der Waals surface area contributed by atoms with Gasteiger partial charge in [0.25, 0.3) is 5.91 Å². The van der Waals surface area contributed by atoms with Gasteiger partial charge in [-0.3, -0.25) is 9.89 Å². The van der Waals surface area contributed by atoms with Gasteiger partial charge in [0.1, 0.15) is 5.69 Å². The maximum atomic E-state index is 12.6. The van der Waals surface area contributed by atoms with Crippen LogP contribution in [0.5, 0.6) is 0 Å². The predicted molar refractivity (Wildman–Crippen MR) is 65.2 cm³/mol. The Morgan fingerprint density at radius 2 is 2.15 bits per heavy atom. The number of alkyl halides is 3. The molecule has 0 aliphatic carbocycles. The third-order valence-corrected chi connectivity index (χ3v) is 2.88. The molecule has 108 valence electrons. The molecule has 0 saturated heterocycles. The predicted octanol–water partition coefficient (Wildman–Crippen LogP) is 2.04. The van der Waals surface area contributed by atoms with Crippen LogP contribution in [0.25, 0.3) is 0 Å². The van der Waals surface area contributed by atoms with Gasteiger partial charge in [0.2, 0.25) is 0 Å². The fourth-order valence-corrected chi connectivity index (χ4v) is 1.84. The molecule has 0 atom stereocenters. The number of hydrogen-bond donors (Lipinski definition) is 3. The summed E-state index contributed by atoms with van der Waals surface area (Å²) >= 11 is 0. The van der Waals surface area contributed by atoms with Crippen molar-refractivity contribution in [3.8, 4) is 0 Å². The van der Waals surface area contributed by atoms with E-state index in [0.717, 1.165) is 11.8 Å². The summed E-state index contributed by atoms with van der Waals surface area (Å²) in [6.45, 7) is 1.87. The number of carbonyl (C=O) groups is 1. The lowest BCUT2D eigenvalue weighted by atomic mass is 10.1. The van der Waals surface area contributed by atoms with E-state index in [1.165, 1.54) is 0 Å². The molecule has 2 heterocycles. The van der Waals surface area contributed by atoms with Crippen molar-refractivity contribution in [2.75, 3.05) is 6.54 Å². The van der Waals surface area contributed by atoms with Gasteiger partial charge in [-0.05, 0) is 18.9 Å². The molecule has 2 aromatic rings. The Labute approximate surface area is 112 Å². The highest BCUT2D eigenvalue weighted by Gasteiger charge is 2.35. The molecule has 2 rings (SSSR count). The quantitative estimate of drug-likeness (QED) is 0.804. The number of H-pyrrole nitrogens is 2. The Hall–Kier alpha value is -2.25. The van der Waals surface area contributed by atoms with Crippen molar-refractivity contribution in [2.24, 2.45) is 0 Å². The minimum atomic E-state index is -4.47. The van der Waals surface area contributed by atoms with Crippen LogP contribution in [0.1, 0.15) is 27.2 Å². The lowest BCUT2D eigenvalue weighted by Gasteiger charge is -2.07. The van der Waals surface area contributed by atoms with E-state index < -0.39 is 11.9 Å². The Morgan fingerprint density at radius 1 is 1.40 bits per heavy atom. The molecule has 0 unspecified atom stereocenters. The fourth-order valence-electron chi connectivity index (χ4n) is 1.84. The number of nitrogens with zero attached hydrogens (tertiary/aromatic N) is 1. The van der Waals surface area contributed by atoms with E-state index in [2.05, 4.69) is 15.4 Å². The van der Waals surface area contributed by atoms with Crippen LogP contribution in [0.3, 0.4) is 0 Å². The van der Waals surface area contributed by atoms with Gasteiger partial charge in [0.05, 0.1) is 11.8 Å². The van der Waals surface area contributed by atoms with Crippen molar-refractivity contribution in [2.45, 2.75) is 19.5 Å². The van der Waals surface area contributed by atoms with Crippen LogP contribution in [-0.2, 0) is 12.6 Å². The number of amides is 1. The molecule has 0 radical (unpaired) electrons. The molecule has 0 aliphatic heterocycles. The third-order valence-electron chi connectivity index (χ3n) is 2.88. The summed E-state index contributed by atoms with van der Waals surface area (Å²) in [4.78, 5) is 14.5. The first-order valence-corrected chi connectivity index (χ1v) is 5.90. The summed E-state index contributed by atoms with van der Waals surface area (Å²) < 4.78 is 37.7. The summed E-state index contributed by atoms with van der Waals surface area (Å²) in [6, 6.07) is 0. The van der Waals surface area contributed by atoms with Gasteiger partial charge in [-0.2, -0.15) is 18.3 Å². The molecule has 0 saturated carbocycles. The van der Waals surface area contributed by atoms with Crippen LogP contribution < -0.4 is 5.32 Å². The van der Waals surface area contributed by atoms with Crippen molar-refractivity contribution < 1.29 is 18.0 Å². The molecule has 5 nitrogen and oxygen atoms in total. The zero-order valence-electron chi connectivity index (χ0n) is 10.6. The minimum absolute atomic E-state index is 0.0311. The smallest absolute Gasteiger partial charge is 0.367 e. The van der Waals surface area contributed by atoms with Crippen LogP contribution >= 0.6 is 0 Å². The molecule has 0 aromatic carbocycles. The highest BCUT2D eigenvalue weighted by atomic mass is 19.4. The van der Waals surface area contributed by atoms with Crippen molar-refractivity contribution in [3.63, 3.8) is 0 Å². The molecule has 0 bridgehead atoms. The molecular formula is C12H13F3N4O. The fraction of sp³-hybridized carbons (Fsp3) is 0.333. The second-order valence-electron chi connectivity index (χ2n) is 4.33. The second-order valence-corrected chi connectivity index (χ2v) is 4.33. The number of hydrogen-bond acceptors (Lipinski definition) is 2. The Bertz CT molecular complexity index is 600. The van der Waals surface area contributed by atoms with Crippen molar-refractivity contribution in [1.82, 2.24) is 20.5 Å². The third kappa shape index (κ3) is 3.01. The minimum Gasteiger partial charge on any atom is -0.367 e. The van der Waals surface area contributed by atoms with E-state index >= 15 is 0 Å². The van der Waals surface area contributed by atoms with Crippen LogP contribution in [0.4, 0.5) is 13.2 Å². The Kier molecular flexibility index (Phi) is 3.82. The Balaban J connectivity index is 1.93. The first-order valence-electron chi connectivity index (χ1n) is 5.90. The SMILES string of the molecule is Cc1c[nH]cc1C(=O)NCCc1cn[nH]c1C(F)(F)F. The average molecular weight is 286 g/mol. The number of carbonyl (C=O) groups excluding carboxylic acids is 1. The Morgan fingerprint density at radius 3 is 2.75 bits per heavy atom. The molecule has 8 heteroatoms. The summed E-state index contributed by atoms with van der Waals surface area (Å²) in [7, 11) is 0. The molecule has 2 aromatic heterocycles. The molecular weight excluding hydrogens is 273 g/mol. The number of aromatic nitrogens is 3. The standard InChI is InChI=1S/C12H13F3N4O/c1-7-4-16-6-9(7)11(20)17-3-2-8-5-18-19-10(8)12(13,14)15/h4-6,16H,2-3H2,1H3,(H,17,20)(H,18,19). The maximum absolute atomic E-state index is 12.6. The number of aryl methyl sites for hydroxylation is 1. The number of rotatable bonds is 4. The van der Waals surface area contributed by atoms with Gasteiger partial charge in [0.15, 0.2) is 0 Å². The van der Waals surface area contributed by atoms with E-state index in [1.807, 2.05) is 5.10 Å². The van der Waals surface area contributed by atoms with Gasteiger partial charge >= 0.3 is 6.18 Å². The average Bonchev–Trinajstić information content (AvgIpc) is 2.96. The van der Waals surface area contributed by atoms with E-state index in [1.54, 1.807) is 19.3 Å². The lowest BCUT2D eigenvalue weighted by molar-refractivity contribution is -0.141. The van der Waals surface area contributed by atoms with E-state index in [0.29, 0.717) is 5.56 Å². The van der Waals surface area contributed by atoms with Gasteiger partial charge in [0, 0.05) is 24.5 Å². The molecule has 1 amide bonds. The molecule has 0 spiro atoms. The maximum Gasteiger partial charge on any atom is 0.433 e. The summed E-state index contributed by atoms with van der Waals surface area (Å²) in [5.74, 6) is -0.319. The van der Waals surface area contributed by atoms with E-state index in [-0.39, 0.29) is 24.4 Å². The normalized spacial score (nSPS) is 11.6. The van der Waals surface area contributed by atoms with Gasteiger partial charge in [-0.25, -0.2) is 0 Å². The summed E-state index contributed by atoms with van der Waals surface area (Å²) in [6.07, 6.45) is -0.0689. The van der Waals surface area contributed by atoms with Gasteiger partial charge in [-0.1, -0.05) is 0 Å². The summed E-state index contributed by atoms with van der Waals surface area (Å²) in [5.41, 5.74) is 0.420. The van der Waals surface area contributed by atoms with Crippen molar-refractivity contribution >= 4 is 5.91 Å². The van der Waals surface area contributed by atoms with Crippen LogP contribution in [0.2, 0.25) is 0 Å². The molecule has 3 N–H and O–H groups in total. The highest BCUT2D eigenvalue weighted by molar-refractivity contribution is 5.95. The largest absolute Gasteiger partial charge is 0.433 e. The van der Waals surface area contributed by atoms with E-state index in [4.69, 9.17) is 0 Å². The zero-order chi connectivity index (χ0) is 14.8. The lowest BCUT2D eigenvalue weighted by Crippen LogP contribution is -2.26. The topological polar surface area (TPSA) is 73.6 Å². The van der Waals surface area contributed by atoms with E-state index in [9.17, 15) is 18.0 Å². The molecule has 0 fully saturated rings. The first-order chi connectivity index (χ1) is 9.39. The van der Waals surface area contributed by atoms with Gasteiger partial charge in [-0.15, -0.1) is 0 Å². The van der Waals surface area contributed by atoms with Crippen LogP contribution in [0, 0.1) is 6.92 Å². The van der Waals surface area contributed by atoms with Crippen molar-refractivity contribution in [3.05, 3.63) is 41.0 Å². The number of halogens is 3. The second kappa shape index (κ2) is 5.40. The highest BCUT2D eigenvalue weighted by Crippen LogP contribution is 2.30. The molecule has 0 aliphatic rings. The number of aromatic amines is 2. The van der Waals surface area contributed by atoms with Crippen LogP contribution in [-0.4, -0.2) is 27.6 Å². The van der Waals surface area contributed by atoms with Gasteiger partial charge < -0.3 is 10.3 Å².